The Morgan fingerprint density at radius 2 is 2.33 bits per heavy atom. The minimum absolute atomic E-state index is 0.0339. The molecule has 1 saturated carbocycles. The van der Waals surface area contributed by atoms with Crippen molar-refractivity contribution in [2.24, 2.45) is 5.92 Å². The van der Waals surface area contributed by atoms with Gasteiger partial charge >= 0.3 is 0 Å². The molecule has 2 aromatic rings. The number of thiophene rings is 1. The van der Waals surface area contributed by atoms with Crippen molar-refractivity contribution in [3.63, 3.8) is 0 Å². The molecular weight excluding hydrogens is 324 g/mol. The van der Waals surface area contributed by atoms with Gasteiger partial charge in [-0.1, -0.05) is 11.2 Å². The van der Waals surface area contributed by atoms with E-state index in [0.29, 0.717) is 11.7 Å². The average Bonchev–Trinajstić information content (AvgIpc) is 3.15. The smallest absolute Gasteiger partial charge is 0.231 e. The van der Waals surface area contributed by atoms with Crippen molar-refractivity contribution in [1.29, 1.82) is 0 Å². The molecule has 2 atom stereocenters. The average molecular weight is 346 g/mol. The summed E-state index contributed by atoms with van der Waals surface area (Å²) < 4.78 is 5.40. The van der Waals surface area contributed by atoms with Crippen molar-refractivity contribution in [3.05, 3.63) is 34.1 Å². The molecule has 0 spiro atoms. The van der Waals surface area contributed by atoms with Crippen molar-refractivity contribution in [3.8, 4) is 0 Å². The number of likely N-dealkylation sites (tertiary alicyclic amines) is 1. The molecule has 3 heterocycles. The summed E-state index contributed by atoms with van der Waals surface area (Å²) in [5.41, 5.74) is 0. The number of hydrogen-bond acceptors (Lipinski definition) is 6. The SMILES string of the molecule is Cc1noc([C@H]2CCN(Cc3cccs3)C[C@H]2NC(=O)C2CC2)n1. The van der Waals surface area contributed by atoms with Gasteiger partial charge in [-0.3, -0.25) is 9.69 Å². The highest BCUT2D eigenvalue weighted by atomic mass is 32.1. The maximum absolute atomic E-state index is 12.3. The predicted molar refractivity (Wildman–Crippen MR) is 90.6 cm³/mol. The molecule has 0 unspecified atom stereocenters. The number of rotatable bonds is 5. The van der Waals surface area contributed by atoms with E-state index >= 15 is 0 Å². The minimum atomic E-state index is 0.0339. The summed E-state index contributed by atoms with van der Waals surface area (Å²) in [5.74, 6) is 1.80. The molecule has 24 heavy (non-hydrogen) atoms. The first-order valence-electron chi connectivity index (χ1n) is 8.54. The van der Waals surface area contributed by atoms with Crippen molar-refractivity contribution < 1.29 is 9.32 Å². The standard InChI is InChI=1S/C17H22N4O2S/c1-11-18-17(23-20-11)14-6-7-21(9-13-3-2-8-24-13)10-15(14)19-16(22)12-4-5-12/h2-3,8,12,14-15H,4-7,9-10H2,1H3,(H,19,22)/t14-,15+/m0/s1. The van der Waals surface area contributed by atoms with Gasteiger partial charge in [-0.2, -0.15) is 4.98 Å². The summed E-state index contributed by atoms with van der Waals surface area (Å²) in [6.07, 6.45) is 2.95. The van der Waals surface area contributed by atoms with Crippen LogP contribution in [0.25, 0.3) is 0 Å². The fourth-order valence-electron chi connectivity index (χ4n) is 3.34. The van der Waals surface area contributed by atoms with Gasteiger partial charge in [-0.05, 0) is 44.2 Å². The lowest BCUT2D eigenvalue weighted by atomic mass is 9.91. The van der Waals surface area contributed by atoms with Crippen molar-refractivity contribution in [2.75, 3.05) is 13.1 Å². The normalized spacial score (nSPS) is 24.9. The molecule has 2 aromatic heterocycles. The minimum Gasteiger partial charge on any atom is -0.351 e. The van der Waals surface area contributed by atoms with Gasteiger partial charge in [0.2, 0.25) is 11.8 Å². The second kappa shape index (κ2) is 6.64. The van der Waals surface area contributed by atoms with E-state index in [0.717, 1.165) is 38.9 Å². The number of nitrogens with one attached hydrogen (secondary N) is 1. The van der Waals surface area contributed by atoms with Gasteiger partial charge in [0.1, 0.15) is 0 Å². The number of piperidine rings is 1. The zero-order chi connectivity index (χ0) is 16.5. The van der Waals surface area contributed by atoms with Gasteiger partial charge in [0.15, 0.2) is 5.82 Å². The van der Waals surface area contributed by atoms with Crippen LogP contribution in [0.15, 0.2) is 22.0 Å². The topological polar surface area (TPSA) is 71.3 Å². The monoisotopic (exact) mass is 346 g/mol. The fraction of sp³-hybridized carbons (Fsp3) is 0.588. The number of aromatic nitrogens is 2. The fourth-order valence-corrected chi connectivity index (χ4v) is 4.08. The van der Waals surface area contributed by atoms with E-state index in [9.17, 15) is 4.79 Å². The van der Waals surface area contributed by atoms with Crippen LogP contribution >= 0.6 is 11.3 Å². The maximum atomic E-state index is 12.3. The lowest BCUT2D eigenvalue weighted by molar-refractivity contribution is -0.123. The Hall–Kier alpha value is -1.73. The van der Waals surface area contributed by atoms with E-state index in [1.165, 1.54) is 4.88 Å². The molecule has 4 rings (SSSR count). The van der Waals surface area contributed by atoms with Gasteiger partial charge in [-0.25, -0.2) is 0 Å². The molecule has 2 aliphatic rings. The van der Waals surface area contributed by atoms with Crippen LogP contribution in [0.3, 0.4) is 0 Å². The Kier molecular flexibility index (Phi) is 4.37. The lowest BCUT2D eigenvalue weighted by Crippen LogP contribution is -2.51. The first kappa shape index (κ1) is 15.8. The summed E-state index contributed by atoms with van der Waals surface area (Å²) in [4.78, 5) is 20.5. The van der Waals surface area contributed by atoms with E-state index in [4.69, 9.17) is 4.52 Å². The number of nitrogens with zero attached hydrogens (tertiary/aromatic N) is 3. The summed E-state index contributed by atoms with van der Waals surface area (Å²) in [5, 5.41) is 9.27. The highest BCUT2D eigenvalue weighted by Crippen LogP contribution is 2.32. The van der Waals surface area contributed by atoms with Gasteiger partial charge in [0.25, 0.3) is 0 Å². The number of aryl methyl sites for hydroxylation is 1. The first-order valence-corrected chi connectivity index (χ1v) is 9.42. The molecule has 1 N–H and O–H groups in total. The molecule has 0 radical (unpaired) electrons. The van der Waals surface area contributed by atoms with Gasteiger partial charge in [0, 0.05) is 23.9 Å². The van der Waals surface area contributed by atoms with Crippen LogP contribution in [0.4, 0.5) is 0 Å². The predicted octanol–water partition coefficient (Wildman–Crippen LogP) is 2.32. The van der Waals surface area contributed by atoms with E-state index < -0.39 is 0 Å². The number of hydrogen-bond donors (Lipinski definition) is 1. The Bertz CT molecular complexity index is 695. The third-order valence-corrected chi connectivity index (χ3v) is 5.65. The van der Waals surface area contributed by atoms with Gasteiger partial charge < -0.3 is 9.84 Å². The quantitative estimate of drug-likeness (QED) is 0.900. The molecule has 6 nitrogen and oxygen atoms in total. The number of carbonyl (C=O) groups excluding carboxylic acids is 1. The highest BCUT2D eigenvalue weighted by Gasteiger charge is 2.38. The largest absolute Gasteiger partial charge is 0.351 e. The van der Waals surface area contributed by atoms with Gasteiger partial charge in [0.05, 0.1) is 12.0 Å². The maximum Gasteiger partial charge on any atom is 0.231 e. The summed E-state index contributed by atoms with van der Waals surface area (Å²) in [7, 11) is 0. The van der Waals surface area contributed by atoms with Crippen molar-refractivity contribution >= 4 is 17.2 Å². The van der Waals surface area contributed by atoms with Crippen molar-refractivity contribution in [2.45, 2.75) is 44.7 Å². The van der Waals surface area contributed by atoms with E-state index in [-0.39, 0.29) is 23.8 Å². The Morgan fingerprint density at radius 1 is 1.46 bits per heavy atom. The molecule has 0 aromatic carbocycles. The summed E-state index contributed by atoms with van der Waals surface area (Å²) in [6.45, 7) is 4.56. The Labute approximate surface area is 145 Å². The van der Waals surface area contributed by atoms with Crippen LogP contribution in [0.2, 0.25) is 0 Å². The Balaban J connectivity index is 1.48. The molecule has 128 valence electrons. The summed E-state index contributed by atoms with van der Waals surface area (Å²) >= 11 is 1.78. The molecule has 1 aliphatic carbocycles. The molecule has 7 heteroatoms. The van der Waals surface area contributed by atoms with Crippen LogP contribution < -0.4 is 5.32 Å². The molecule has 2 fully saturated rings. The Morgan fingerprint density at radius 3 is 3.00 bits per heavy atom. The second-order valence-electron chi connectivity index (χ2n) is 6.78. The molecule has 1 aliphatic heterocycles. The zero-order valence-electron chi connectivity index (χ0n) is 13.8. The third kappa shape index (κ3) is 3.52. The van der Waals surface area contributed by atoms with Crippen LogP contribution in [-0.2, 0) is 11.3 Å². The molecule has 1 amide bonds. The van der Waals surface area contributed by atoms with Crippen molar-refractivity contribution in [1.82, 2.24) is 20.4 Å². The summed E-state index contributed by atoms with van der Waals surface area (Å²) in [6, 6.07) is 4.28. The molecule has 0 bridgehead atoms. The molecule has 1 saturated heterocycles. The van der Waals surface area contributed by atoms with Crippen LogP contribution in [0.5, 0.6) is 0 Å². The number of carbonyl (C=O) groups is 1. The zero-order valence-corrected chi connectivity index (χ0v) is 14.6. The van der Waals surface area contributed by atoms with E-state index in [1.807, 2.05) is 6.92 Å². The van der Waals surface area contributed by atoms with Crippen LogP contribution in [0.1, 0.15) is 41.8 Å². The van der Waals surface area contributed by atoms with Gasteiger partial charge in [-0.15, -0.1) is 11.3 Å². The lowest BCUT2D eigenvalue weighted by Gasteiger charge is -2.37. The first-order chi connectivity index (χ1) is 11.7. The van der Waals surface area contributed by atoms with E-state index in [1.54, 1.807) is 11.3 Å². The molecular formula is C17H22N4O2S. The van der Waals surface area contributed by atoms with Crippen LogP contribution in [-0.4, -0.2) is 40.1 Å². The van der Waals surface area contributed by atoms with E-state index in [2.05, 4.69) is 37.9 Å². The number of amides is 1. The third-order valence-electron chi connectivity index (χ3n) is 4.79. The second-order valence-corrected chi connectivity index (χ2v) is 7.81. The van der Waals surface area contributed by atoms with Crippen LogP contribution in [0, 0.1) is 12.8 Å². The highest BCUT2D eigenvalue weighted by molar-refractivity contribution is 7.09.